The van der Waals surface area contributed by atoms with E-state index >= 15 is 0 Å². The largest absolute Gasteiger partial charge is 0.359 e. The van der Waals surface area contributed by atoms with E-state index in [4.69, 9.17) is 0 Å². The zero-order valence-electron chi connectivity index (χ0n) is 14.0. The summed E-state index contributed by atoms with van der Waals surface area (Å²) in [6.45, 7) is 2.84. The smallest absolute Gasteiger partial charge is 0.250 e. The van der Waals surface area contributed by atoms with Gasteiger partial charge in [0.1, 0.15) is 5.54 Å². The predicted octanol–water partition coefficient (Wildman–Crippen LogP) is 0.368. The van der Waals surface area contributed by atoms with Crippen molar-refractivity contribution in [3.05, 3.63) is 18.5 Å². The molecule has 3 rings (SSSR count). The van der Waals surface area contributed by atoms with Crippen LogP contribution in [-0.4, -0.2) is 59.7 Å². The van der Waals surface area contributed by atoms with E-state index in [0.717, 1.165) is 45.3 Å². The maximum absolute atomic E-state index is 13.3. The third-order valence-corrected chi connectivity index (χ3v) is 5.10. The minimum absolute atomic E-state index is 0. The van der Waals surface area contributed by atoms with Crippen LogP contribution in [0.5, 0.6) is 0 Å². The second-order valence-corrected chi connectivity index (χ2v) is 6.44. The topological polar surface area (TPSA) is 79.3 Å². The van der Waals surface area contributed by atoms with Gasteiger partial charge in [0, 0.05) is 32.5 Å². The van der Waals surface area contributed by atoms with Crippen molar-refractivity contribution in [2.75, 3.05) is 33.2 Å². The molecule has 0 spiro atoms. The van der Waals surface area contributed by atoms with Crippen LogP contribution in [0.1, 0.15) is 25.7 Å². The maximum atomic E-state index is 13.3. The molecule has 2 aliphatic heterocycles. The van der Waals surface area contributed by atoms with Crippen molar-refractivity contribution >= 4 is 24.2 Å². The zero-order chi connectivity index (χ0) is 16.3. The lowest BCUT2D eigenvalue weighted by atomic mass is 9.85. The van der Waals surface area contributed by atoms with Crippen LogP contribution in [0.25, 0.3) is 0 Å². The van der Waals surface area contributed by atoms with Crippen molar-refractivity contribution < 1.29 is 9.59 Å². The molecule has 24 heavy (non-hydrogen) atoms. The quantitative estimate of drug-likeness (QED) is 0.821. The Bertz CT molecular complexity index is 557. The van der Waals surface area contributed by atoms with Gasteiger partial charge in [-0.3, -0.25) is 14.3 Å². The van der Waals surface area contributed by atoms with E-state index in [1.807, 2.05) is 21.8 Å². The number of aromatic nitrogens is 2. The van der Waals surface area contributed by atoms with E-state index < -0.39 is 5.54 Å². The van der Waals surface area contributed by atoms with Crippen molar-refractivity contribution in [2.45, 2.75) is 31.2 Å². The Hall–Kier alpha value is -1.60. The van der Waals surface area contributed by atoms with Crippen molar-refractivity contribution in [2.24, 2.45) is 5.92 Å². The molecule has 1 unspecified atom stereocenters. The molecule has 2 aliphatic rings. The van der Waals surface area contributed by atoms with Gasteiger partial charge in [0.25, 0.3) is 5.91 Å². The van der Waals surface area contributed by atoms with Gasteiger partial charge in [-0.15, -0.1) is 12.4 Å². The average molecular weight is 356 g/mol. The fourth-order valence-corrected chi connectivity index (χ4v) is 3.78. The number of amides is 2. The van der Waals surface area contributed by atoms with E-state index in [0.29, 0.717) is 6.54 Å². The molecule has 0 radical (unpaired) electrons. The van der Waals surface area contributed by atoms with E-state index in [9.17, 15) is 9.59 Å². The number of nitrogens with zero attached hydrogens (tertiary/aromatic N) is 3. The molecule has 0 aliphatic carbocycles. The lowest BCUT2D eigenvalue weighted by Crippen LogP contribution is -2.58. The Kier molecular flexibility index (Phi) is 6.23. The Labute approximate surface area is 148 Å². The van der Waals surface area contributed by atoms with Crippen LogP contribution in [0.4, 0.5) is 0 Å². The first kappa shape index (κ1) is 18.7. The maximum Gasteiger partial charge on any atom is 0.250 e. The van der Waals surface area contributed by atoms with Crippen LogP contribution < -0.4 is 10.6 Å². The molecule has 3 heterocycles. The normalized spacial score (nSPS) is 23.2. The van der Waals surface area contributed by atoms with Gasteiger partial charge in [-0.1, -0.05) is 0 Å². The molecule has 0 aromatic carbocycles. The molecule has 2 saturated heterocycles. The monoisotopic (exact) mass is 355 g/mol. The van der Waals surface area contributed by atoms with Gasteiger partial charge >= 0.3 is 0 Å². The molecule has 2 fully saturated rings. The Balaban J connectivity index is 0.00000208. The van der Waals surface area contributed by atoms with Gasteiger partial charge in [0.2, 0.25) is 5.91 Å². The molecule has 1 aromatic heterocycles. The first-order chi connectivity index (χ1) is 11.2. The lowest BCUT2D eigenvalue weighted by Gasteiger charge is -2.42. The molecule has 8 heteroatoms. The fraction of sp³-hybridized carbons (Fsp3) is 0.688. The van der Waals surface area contributed by atoms with Crippen molar-refractivity contribution in [1.82, 2.24) is 25.3 Å². The van der Waals surface area contributed by atoms with Gasteiger partial charge in [0.05, 0.1) is 5.92 Å². The number of nitrogens with one attached hydrogen (secondary N) is 2. The van der Waals surface area contributed by atoms with Crippen LogP contribution in [0.15, 0.2) is 18.5 Å². The molecule has 1 atom stereocenters. The molecule has 1 aromatic rings. The summed E-state index contributed by atoms with van der Waals surface area (Å²) in [5, 5.41) is 10.4. The third-order valence-electron chi connectivity index (χ3n) is 5.10. The van der Waals surface area contributed by atoms with E-state index in [2.05, 4.69) is 15.7 Å². The fourth-order valence-electron chi connectivity index (χ4n) is 3.78. The number of carbonyl (C=O) groups is 2. The minimum atomic E-state index is -0.612. The third kappa shape index (κ3) is 3.42. The second kappa shape index (κ2) is 7.98. The van der Waals surface area contributed by atoms with Crippen LogP contribution >= 0.6 is 12.4 Å². The number of carbonyl (C=O) groups excluding carboxylic acids is 2. The van der Waals surface area contributed by atoms with Crippen molar-refractivity contribution in [3.63, 3.8) is 0 Å². The minimum Gasteiger partial charge on any atom is -0.359 e. The number of piperidine rings is 2. The first-order valence-electron chi connectivity index (χ1n) is 8.39. The summed E-state index contributed by atoms with van der Waals surface area (Å²) < 4.78 is 1.82. The highest BCUT2D eigenvalue weighted by Crippen LogP contribution is 2.31. The lowest BCUT2D eigenvalue weighted by molar-refractivity contribution is -0.146. The summed E-state index contributed by atoms with van der Waals surface area (Å²) in [5.41, 5.74) is -0.612. The van der Waals surface area contributed by atoms with Crippen molar-refractivity contribution in [3.8, 4) is 0 Å². The van der Waals surface area contributed by atoms with Crippen LogP contribution in [0.2, 0.25) is 0 Å². The van der Waals surface area contributed by atoms with E-state index in [-0.39, 0.29) is 30.1 Å². The summed E-state index contributed by atoms with van der Waals surface area (Å²) in [6, 6.07) is 1.86. The number of rotatable bonds is 3. The molecule has 7 nitrogen and oxygen atoms in total. The molecular weight excluding hydrogens is 330 g/mol. The average Bonchev–Trinajstić information content (AvgIpc) is 3.16. The Morgan fingerprint density at radius 1 is 1.33 bits per heavy atom. The van der Waals surface area contributed by atoms with Gasteiger partial charge in [-0.05, 0) is 44.8 Å². The SMILES string of the molecule is CNC(=O)C1CCCN(C(=O)C2(n3cccn3)CCNCC2)C1.Cl. The standard InChI is InChI=1S/C16H25N5O2.ClH/c1-17-14(22)13-4-2-10-20(12-13)15(23)16(5-8-18-9-6-16)21-11-3-7-19-21;/h3,7,11,13,18H,2,4-6,8-10,12H2,1H3,(H,17,22);1H. The number of hydrogen-bond acceptors (Lipinski definition) is 4. The summed E-state index contributed by atoms with van der Waals surface area (Å²) in [7, 11) is 1.65. The first-order valence-corrected chi connectivity index (χ1v) is 8.39. The summed E-state index contributed by atoms with van der Waals surface area (Å²) in [5.74, 6) is 0.0336. The zero-order valence-corrected chi connectivity index (χ0v) is 14.8. The molecule has 0 bridgehead atoms. The molecule has 2 amide bonds. The Morgan fingerprint density at radius 2 is 2.08 bits per heavy atom. The summed E-state index contributed by atoms with van der Waals surface area (Å²) in [6.07, 6.45) is 6.78. The van der Waals surface area contributed by atoms with Crippen LogP contribution in [-0.2, 0) is 15.1 Å². The van der Waals surface area contributed by atoms with Crippen LogP contribution in [0.3, 0.4) is 0 Å². The predicted molar refractivity (Wildman–Crippen MR) is 92.9 cm³/mol. The number of hydrogen-bond donors (Lipinski definition) is 2. The van der Waals surface area contributed by atoms with E-state index in [1.165, 1.54) is 0 Å². The highest BCUT2D eigenvalue weighted by molar-refractivity contribution is 5.86. The number of halogens is 1. The Morgan fingerprint density at radius 3 is 2.71 bits per heavy atom. The molecule has 2 N–H and O–H groups in total. The molecular formula is C16H26ClN5O2. The summed E-state index contributed by atoms with van der Waals surface area (Å²) >= 11 is 0. The van der Waals surface area contributed by atoms with Crippen molar-refractivity contribution in [1.29, 1.82) is 0 Å². The summed E-state index contributed by atoms with van der Waals surface area (Å²) in [4.78, 5) is 27.2. The highest BCUT2D eigenvalue weighted by atomic mass is 35.5. The van der Waals surface area contributed by atoms with Gasteiger partial charge in [-0.25, -0.2) is 0 Å². The van der Waals surface area contributed by atoms with Gasteiger partial charge < -0.3 is 15.5 Å². The van der Waals surface area contributed by atoms with E-state index in [1.54, 1.807) is 13.2 Å². The second-order valence-electron chi connectivity index (χ2n) is 6.44. The molecule has 134 valence electrons. The number of likely N-dealkylation sites (tertiary alicyclic amines) is 1. The van der Waals surface area contributed by atoms with Gasteiger partial charge in [0.15, 0.2) is 0 Å². The van der Waals surface area contributed by atoms with Crippen LogP contribution in [0, 0.1) is 5.92 Å². The molecule has 0 saturated carbocycles. The van der Waals surface area contributed by atoms with Gasteiger partial charge in [-0.2, -0.15) is 5.10 Å². The highest BCUT2D eigenvalue weighted by Gasteiger charge is 2.45.